The summed E-state index contributed by atoms with van der Waals surface area (Å²) in [5.41, 5.74) is 8.11. The van der Waals surface area contributed by atoms with E-state index in [-0.39, 0.29) is 0 Å². The third-order valence-electron chi connectivity index (χ3n) is 4.71. The quantitative estimate of drug-likeness (QED) is 0.586. The van der Waals surface area contributed by atoms with Gasteiger partial charge >= 0.3 is 0 Å². The third-order valence-corrected chi connectivity index (χ3v) is 4.71. The van der Waals surface area contributed by atoms with Crippen molar-refractivity contribution < 1.29 is 0 Å². The maximum absolute atomic E-state index is 3.68. The topological polar surface area (TPSA) is 15.8 Å². The highest BCUT2D eigenvalue weighted by Gasteiger charge is 2.19. The fourth-order valence-electron chi connectivity index (χ4n) is 3.63. The molecule has 1 aliphatic carbocycles. The molecule has 4 rings (SSSR count). The molecule has 0 saturated heterocycles. The Morgan fingerprint density at radius 1 is 0.909 bits per heavy atom. The molecular formula is C21H21N. The second-order valence-electron chi connectivity index (χ2n) is 6.21. The van der Waals surface area contributed by atoms with E-state index in [1.807, 2.05) is 0 Å². The number of H-pyrrole nitrogens is 1. The van der Waals surface area contributed by atoms with E-state index in [1.165, 1.54) is 64.5 Å². The molecule has 0 bridgehead atoms. The number of hydrogen-bond donors (Lipinski definition) is 1. The maximum Gasteiger partial charge on any atom is 0.0541 e. The van der Waals surface area contributed by atoms with Crippen LogP contribution in [-0.2, 0) is 0 Å². The van der Waals surface area contributed by atoms with Crippen molar-refractivity contribution in [3.63, 3.8) is 0 Å². The number of hydrogen-bond acceptors (Lipinski definition) is 0. The Morgan fingerprint density at radius 2 is 1.77 bits per heavy atom. The van der Waals surface area contributed by atoms with Crippen LogP contribution in [0.5, 0.6) is 0 Å². The van der Waals surface area contributed by atoms with Crippen LogP contribution < -0.4 is 0 Å². The zero-order chi connectivity index (χ0) is 14.9. The molecule has 1 aromatic heterocycles. The molecular weight excluding hydrogens is 266 g/mol. The standard InChI is InChI=1S/C21H21N/c1-15-9-8-14-18-19(15)20(16-10-4-2-5-11-16)21(22-18)17-12-6-3-7-13-17/h3,6-10,12-14,22H,2,4-5,11H2,1H3. The number of nitrogens with one attached hydrogen (secondary N) is 1. The second-order valence-corrected chi connectivity index (χ2v) is 6.21. The van der Waals surface area contributed by atoms with Gasteiger partial charge in [-0.15, -0.1) is 0 Å². The van der Waals surface area contributed by atoms with Gasteiger partial charge in [0, 0.05) is 16.5 Å². The van der Waals surface area contributed by atoms with Crippen molar-refractivity contribution >= 4 is 16.5 Å². The largest absolute Gasteiger partial charge is 0.354 e. The molecule has 0 aliphatic heterocycles. The molecule has 1 heterocycles. The van der Waals surface area contributed by atoms with Gasteiger partial charge in [-0.2, -0.15) is 0 Å². The molecule has 1 nitrogen and oxygen atoms in total. The summed E-state index contributed by atoms with van der Waals surface area (Å²) in [6, 6.07) is 17.3. The van der Waals surface area contributed by atoms with E-state index in [2.05, 4.69) is 66.5 Å². The average Bonchev–Trinajstić information content (AvgIpc) is 2.97. The van der Waals surface area contributed by atoms with E-state index in [1.54, 1.807) is 0 Å². The lowest BCUT2D eigenvalue weighted by Crippen LogP contribution is -1.94. The number of aryl methyl sites for hydroxylation is 1. The molecule has 0 unspecified atom stereocenters. The van der Waals surface area contributed by atoms with E-state index >= 15 is 0 Å². The Labute approximate surface area is 131 Å². The van der Waals surface area contributed by atoms with Crippen molar-refractivity contribution in [3.05, 3.63) is 65.7 Å². The molecule has 1 heteroatoms. The van der Waals surface area contributed by atoms with Crippen LogP contribution in [-0.4, -0.2) is 4.98 Å². The highest BCUT2D eigenvalue weighted by atomic mass is 14.7. The van der Waals surface area contributed by atoms with Gasteiger partial charge in [0.05, 0.1) is 5.69 Å². The summed E-state index contributed by atoms with van der Waals surface area (Å²) in [5, 5.41) is 1.40. The van der Waals surface area contributed by atoms with Crippen LogP contribution in [0.15, 0.2) is 54.6 Å². The average molecular weight is 287 g/mol. The van der Waals surface area contributed by atoms with Crippen molar-refractivity contribution in [2.24, 2.45) is 0 Å². The fraction of sp³-hybridized carbons (Fsp3) is 0.238. The lowest BCUT2D eigenvalue weighted by atomic mass is 9.89. The van der Waals surface area contributed by atoms with Crippen molar-refractivity contribution in [3.8, 4) is 11.3 Å². The van der Waals surface area contributed by atoms with E-state index < -0.39 is 0 Å². The SMILES string of the molecule is Cc1cccc2[nH]c(-c3ccccc3)c(C3=CCCCC3)c12. The summed E-state index contributed by atoms with van der Waals surface area (Å²) in [6.45, 7) is 2.22. The molecule has 0 fully saturated rings. The highest BCUT2D eigenvalue weighted by molar-refractivity contribution is 6.01. The Kier molecular flexibility index (Phi) is 3.34. The first kappa shape index (κ1) is 13.4. The van der Waals surface area contributed by atoms with Crippen LogP contribution in [0.25, 0.3) is 27.7 Å². The highest BCUT2D eigenvalue weighted by Crippen LogP contribution is 2.40. The minimum Gasteiger partial charge on any atom is -0.354 e. The van der Waals surface area contributed by atoms with Gasteiger partial charge in [-0.1, -0.05) is 48.5 Å². The minimum atomic E-state index is 1.20. The smallest absolute Gasteiger partial charge is 0.0541 e. The van der Waals surface area contributed by atoms with Gasteiger partial charge in [0.25, 0.3) is 0 Å². The van der Waals surface area contributed by atoms with Crippen molar-refractivity contribution in [1.29, 1.82) is 0 Å². The Bertz CT molecular complexity index is 837. The monoisotopic (exact) mass is 287 g/mol. The lowest BCUT2D eigenvalue weighted by Gasteiger charge is -2.15. The molecule has 1 aliphatic rings. The van der Waals surface area contributed by atoms with Crippen LogP contribution in [0, 0.1) is 6.92 Å². The van der Waals surface area contributed by atoms with Crippen LogP contribution in [0.4, 0.5) is 0 Å². The van der Waals surface area contributed by atoms with Gasteiger partial charge in [-0.05, 0) is 55.4 Å². The van der Waals surface area contributed by atoms with E-state index in [0.29, 0.717) is 0 Å². The van der Waals surface area contributed by atoms with Crippen LogP contribution in [0.3, 0.4) is 0 Å². The normalized spacial score (nSPS) is 15.0. The Morgan fingerprint density at radius 3 is 2.55 bits per heavy atom. The van der Waals surface area contributed by atoms with Gasteiger partial charge in [-0.3, -0.25) is 0 Å². The Balaban J connectivity index is 2.04. The molecule has 1 N–H and O–H groups in total. The van der Waals surface area contributed by atoms with Crippen LogP contribution in [0.2, 0.25) is 0 Å². The van der Waals surface area contributed by atoms with Crippen molar-refractivity contribution in [2.45, 2.75) is 32.6 Å². The van der Waals surface area contributed by atoms with Crippen LogP contribution >= 0.6 is 0 Å². The van der Waals surface area contributed by atoms with Crippen LogP contribution in [0.1, 0.15) is 36.8 Å². The first-order chi connectivity index (χ1) is 10.8. The van der Waals surface area contributed by atoms with E-state index in [9.17, 15) is 0 Å². The molecule has 0 saturated carbocycles. The van der Waals surface area contributed by atoms with Gasteiger partial charge < -0.3 is 4.98 Å². The summed E-state index contributed by atoms with van der Waals surface area (Å²) in [7, 11) is 0. The zero-order valence-electron chi connectivity index (χ0n) is 13.0. The number of allylic oxidation sites excluding steroid dienone is 2. The van der Waals surface area contributed by atoms with E-state index in [4.69, 9.17) is 0 Å². The summed E-state index contributed by atoms with van der Waals surface area (Å²) >= 11 is 0. The molecule has 3 aromatic rings. The molecule has 0 amide bonds. The molecule has 0 radical (unpaired) electrons. The Hall–Kier alpha value is -2.28. The first-order valence-corrected chi connectivity index (χ1v) is 8.21. The van der Waals surface area contributed by atoms with Gasteiger partial charge in [0.2, 0.25) is 0 Å². The maximum atomic E-state index is 3.68. The third kappa shape index (κ3) is 2.18. The van der Waals surface area contributed by atoms with Gasteiger partial charge in [0.1, 0.15) is 0 Å². The molecule has 110 valence electrons. The van der Waals surface area contributed by atoms with Crippen molar-refractivity contribution in [1.82, 2.24) is 4.98 Å². The number of rotatable bonds is 2. The number of aromatic amines is 1. The number of benzene rings is 2. The van der Waals surface area contributed by atoms with Gasteiger partial charge in [-0.25, -0.2) is 0 Å². The predicted molar refractivity (Wildman–Crippen MR) is 94.9 cm³/mol. The summed E-state index contributed by atoms with van der Waals surface area (Å²) < 4.78 is 0. The number of aromatic nitrogens is 1. The summed E-state index contributed by atoms with van der Waals surface area (Å²) in [5.74, 6) is 0. The molecule has 2 aromatic carbocycles. The fourth-order valence-corrected chi connectivity index (χ4v) is 3.63. The van der Waals surface area contributed by atoms with Crippen molar-refractivity contribution in [2.75, 3.05) is 0 Å². The second kappa shape index (κ2) is 5.49. The zero-order valence-corrected chi connectivity index (χ0v) is 13.0. The number of fused-ring (bicyclic) bond motifs is 1. The summed E-state index contributed by atoms with van der Waals surface area (Å²) in [4.78, 5) is 3.68. The predicted octanol–water partition coefficient (Wildman–Crippen LogP) is 6.10. The first-order valence-electron chi connectivity index (χ1n) is 8.21. The molecule has 0 spiro atoms. The van der Waals surface area contributed by atoms with E-state index in [0.717, 1.165) is 0 Å². The molecule has 0 atom stereocenters. The van der Waals surface area contributed by atoms with Gasteiger partial charge in [0.15, 0.2) is 0 Å². The molecule has 22 heavy (non-hydrogen) atoms. The minimum absolute atomic E-state index is 1.20. The lowest BCUT2D eigenvalue weighted by molar-refractivity contribution is 0.742. The summed E-state index contributed by atoms with van der Waals surface area (Å²) in [6.07, 6.45) is 7.48.